The van der Waals surface area contributed by atoms with Gasteiger partial charge in [0, 0.05) is 11.1 Å². The van der Waals surface area contributed by atoms with Crippen LogP contribution in [-0.4, -0.2) is 30.4 Å². The molecule has 6 nitrogen and oxygen atoms in total. The van der Waals surface area contributed by atoms with Crippen molar-refractivity contribution in [3.8, 4) is 11.5 Å². The number of pyridine rings is 1. The van der Waals surface area contributed by atoms with E-state index in [1.165, 1.54) is 7.11 Å². The number of methoxy groups -OCH3 is 2. The summed E-state index contributed by atoms with van der Waals surface area (Å²) in [4.78, 5) is 16.6. The molecule has 3 heterocycles. The van der Waals surface area contributed by atoms with E-state index in [0.717, 1.165) is 12.0 Å². The Bertz CT molecular complexity index is 1180. The average molecular weight is 393 g/mol. The number of nitrogens with one attached hydrogen (secondary N) is 1. The first-order valence-corrected chi connectivity index (χ1v) is 9.76. The zero-order valence-electron chi connectivity index (χ0n) is 16.6. The summed E-state index contributed by atoms with van der Waals surface area (Å²) < 4.78 is 17.2. The third-order valence-corrected chi connectivity index (χ3v) is 6.28. The predicted octanol–water partition coefficient (Wildman–Crippen LogP) is 3.32. The lowest BCUT2D eigenvalue weighted by atomic mass is 9.77. The highest BCUT2D eigenvalue weighted by Gasteiger charge is 2.53. The van der Waals surface area contributed by atoms with E-state index < -0.39 is 11.7 Å². The zero-order chi connectivity index (χ0) is 20.3. The van der Waals surface area contributed by atoms with Gasteiger partial charge in [0.1, 0.15) is 11.4 Å². The van der Waals surface area contributed by atoms with Crippen LogP contribution in [0.4, 0.5) is 0 Å². The maximum Gasteiger partial charge on any atom is 0.231 e. The van der Waals surface area contributed by atoms with Crippen molar-refractivity contribution < 1.29 is 19.3 Å². The molecular weight excluding hydrogens is 370 g/mol. The number of ether oxygens (including phenoxy) is 3. The fraction of sp³-hybridized carbons (Fsp3) is 0.348. The molecular formula is C23H23NO5. The molecule has 6 heteroatoms. The Hall–Kier alpha value is -2.83. The number of benzene rings is 2. The van der Waals surface area contributed by atoms with Gasteiger partial charge in [0.15, 0.2) is 5.75 Å². The molecule has 0 saturated carbocycles. The fourth-order valence-electron chi connectivity index (χ4n) is 5.03. The molecule has 0 aliphatic carbocycles. The second-order valence-corrected chi connectivity index (χ2v) is 7.72. The zero-order valence-corrected chi connectivity index (χ0v) is 16.6. The van der Waals surface area contributed by atoms with Gasteiger partial charge in [-0.1, -0.05) is 24.3 Å². The van der Waals surface area contributed by atoms with Crippen molar-refractivity contribution in [2.75, 3.05) is 14.2 Å². The maximum absolute atomic E-state index is 13.3. The Kier molecular flexibility index (Phi) is 3.98. The molecule has 2 N–H and O–H groups in total. The van der Waals surface area contributed by atoms with Gasteiger partial charge in [0.05, 0.1) is 43.0 Å². The summed E-state index contributed by atoms with van der Waals surface area (Å²) in [5.74, 6) is 0.872. The Labute approximate surface area is 168 Å². The Morgan fingerprint density at radius 2 is 1.90 bits per heavy atom. The van der Waals surface area contributed by atoms with E-state index in [0.29, 0.717) is 39.9 Å². The molecule has 0 spiro atoms. The van der Waals surface area contributed by atoms with E-state index in [1.54, 1.807) is 7.11 Å². The summed E-state index contributed by atoms with van der Waals surface area (Å²) in [5, 5.41) is 12.6. The van der Waals surface area contributed by atoms with Crippen LogP contribution in [0, 0.1) is 6.92 Å². The SMILES string of the molecule is COc1ccccc1[C@@]1(O)c2ccc3[nH]c(C)c(OC)c(=O)c3c2[C@H]2CC[C@@H]1O2. The van der Waals surface area contributed by atoms with Gasteiger partial charge in [0.25, 0.3) is 0 Å². The van der Waals surface area contributed by atoms with Crippen molar-refractivity contribution >= 4 is 10.9 Å². The standard InChI is InChI=1S/C23H23NO5/c1-12-22(28-3)21(25)20-15(24-12)9-8-14-19(20)17-10-11-18(29-17)23(14,26)13-6-4-5-7-16(13)27-2/h4-9,17-18,26H,10-11H2,1-3H3,(H,24,25)/t17-,18+,23-/m1/s1. The molecule has 1 saturated heterocycles. The number of aromatic amines is 1. The van der Waals surface area contributed by atoms with E-state index in [-0.39, 0.29) is 17.3 Å². The first kappa shape index (κ1) is 18.2. The molecule has 0 amide bonds. The minimum atomic E-state index is -1.41. The van der Waals surface area contributed by atoms with Crippen LogP contribution in [-0.2, 0) is 10.3 Å². The number of hydrogen-bond donors (Lipinski definition) is 2. The third-order valence-electron chi connectivity index (χ3n) is 6.28. The minimum absolute atomic E-state index is 0.188. The molecule has 5 rings (SSSR count). The van der Waals surface area contributed by atoms with Gasteiger partial charge >= 0.3 is 0 Å². The van der Waals surface area contributed by atoms with Crippen molar-refractivity contribution in [3.63, 3.8) is 0 Å². The number of aliphatic hydroxyl groups is 1. The van der Waals surface area contributed by atoms with Gasteiger partial charge in [-0.25, -0.2) is 0 Å². The maximum atomic E-state index is 13.3. The van der Waals surface area contributed by atoms with Crippen LogP contribution in [0.25, 0.3) is 10.9 Å². The minimum Gasteiger partial charge on any atom is -0.496 e. The number of aryl methyl sites for hydroxylation is 1. The van der Waals surface area contributed by atoms with Crippen LogP contribution in [0.5, 0.6) is 11.5 Å². The highest BCUT2D eigenvalue weighted by atomic mass is 16.5. The smallest absolute Gasteiger partial charge is 0.231 e. The average Bonchev–Trinajstić information content (AvgIpc) is 3.19. The molecule has 0 unspecified atom stereocenters. The summed E-state index contributed by atoms with van der Waals surface area (Å²) in [6, 6.07) is 11.2. The van der Waals surface area contributed by atoms with Crippen LogP contribution < -0.4 is 14.9 Å². The normalized spacial score (nSPS) is 25.1. The summed E-state index contributed by atoms with van der Waals surface area (Å²) in [6.07, 6.45) is 0.794. The number of aromatic nitrogens is 1. The summed E-state index contributed by atoms with van der Waals surface area (Å²) in [5.41, 5.74) is 1.87. The lowest BCUT2D eigenvalue weighted by molar-refractivity contribution is -0.102. The Morgan fingerprint density at radius 1 is 1.10 bits per heavy atom. The first-order chi connectivity index (χ1) is 14.0. The Balaban J connectivity index is 1.89. The predicted molar refractivity (Wildman–Crippen MR) is 109 cm³/mol. The quantitative estimate of drug-likeness (QED) is 0.714. The Morgan fingerprint density at radius 3 is 2.66 bits per heavy atom. The molecule has 0 radical (unpaired) electrons. The second kappa shape index (κ2) is 6.34. The number of rotatable bonds is 3. The van der Waals surface area contributed by atoms with Crippen LogP contribution in [0.15, 0.2) is 41.2 Å². The van der Waals surface area contributed by atoms with Crippen LogP contribution in [0.1, 0.15) is 41.3 Å². The molecule has 29 heavy (non-hydrogen) atoms. The van der Waals surface area contributed by atoms with Crippen LogP contribution in [0.2, 0.25) is 0 Å². The monoisotopic (exact) mass is 393 g/mol. The van der Waals surface area contributed by atoms with E-state index in [1.807, 2.05) is 43.3 Å². The fourth-order valence-corrected chi connectivity index (χ4v) is 5.03. The topological polar surface area (TPSA) is 80.8 Å². The molecule has 2 aliphatic heterocycles. The number of fused-ring (bicyclic) bond motifs is 6. The first-order valence-electron chi connectivity index (χ1n) is 9.76. The molecule has 1 aromatic heterocycles. The van der Waals surface area contributed by atoms with Crippen molar-refractivity contribution in [3.05, 3.63) is 69.0 Å². The van der Waals surface area contributed by atoms with Gasteiger partial charge in [-0.2, -0.15) is 0 Å². The van der Waals surface area contributed by atoms with Crippen molar-refractivity contribution in [1.29, 1.82) is 0 Å². The molecule has 2 aromatic carbocycles. The van der Waals surface area contributed by atoms with Crippen LogP contribution in [0.3, 0.4) is 0 Å². The van der Waals surface area contributed by atoms with E-state index in [2.05, 4.69) is 4.98 Å². The lowest BCUT2D eigenvalue weighted by Gasteiger charge is -2.41. The van der Waals surface area contributed by atoms with Gasteiger partial charge in [-0.3, -0.25) is 4.79 Å². The molecule has 150 valence electrons. The van der Waals surface area contributed by atoms with Crippen molar-refractivity contribution in [1.82, 2.24) is 4.98 Å². The van der Waals surface area contributed by atoms with E-state index in [4.69, 9.17) is 14.2 Å². The van der Waals surface area contributed by atoms with E-state index in [9.17, 15) is 9.90 Å². The van der Waals surface area contributed by atoms with Crippen molar-refractivity contribution in [2.45, 2.75) is 37.6 Å². The highest BCUT2D eigenvalue weighted by molar-refractivity contribution is 5.86. The lowest BCUT2D eigenvalue weighted by Crippen LogP contribution is -2.44. The molecule has 3 aromatic rings. The van der Waals surface area contributed by atoms with Gasteiger partial charge < -0.3 is 24.3 Å². The third kappa shape index (κ3) is 2.33. The number of hydrogen-bond acceptors (Lipinski definition) is 5. The number of para-hydroxylation sites is 1. The van der Waals surface area contributed by atoms with Gasteiger partial charge in [-0.05, 0) is 37.5 Å². The summed E-state index contributed by atoms with van der Waals surface area (Å²) in [6.45, 7) is 1.81. The molecule has 1 fully saturated rings. The number of H-pyrrole nitrogens is 1. The summed E-state index contributed by atoms with van der Waals surface area (Å²) in [7, 11) is 3.08. The van der Waals surface area contributed by atoms with E-state index >= 15 is 0 Å². The second-order valence-electron chi connectivity index (χ2n) is 7.72. The molecule has 3 atom stereocenters. The van der Waals surface area contributed by atoms with Crippen molar-refractivity contribution in [2.24, 2.45) is 0 Å². The van der Waals surface area contributed by atoms with Crippen LogP contribution >= 0.6 is 0 Å². The summed E-state index contributed by atoms with van der Waals surface area (Å²) >= 11 is 0. The highest BCUT2D eigenvalue weighted by Crippen LogP contribution is 2.54. The molecule has 2 bridgehead atoms. The van der Waals surface area contributed by atoms with Gasteiger partial charge in [-0.15, -0.1) is 0 Å². The van der Waals surface area contributed by atoms with Gasteiger partial charge in [0.2, 0.25) is 5.43 Å². The largest absolute Gasteiger partial charge is 0.496 e. The molecule has 2 aliphatic rings.